The minimum Gasteiger partial charge on any atom is -0.334 e. The Morgan fingerprint density at radius 1 is 0.462 bits per heavy atom. The lowest BCUT2D eigenvalue weighted by Gasteiger charge is -2.38. The molecule has 10 aromatic rings. The van der Waals surface area contributed by atoms with Crippen LogP contribution in [0.3, 0.4) is 0 Å². The first-order chi connectivity index (χ1) is 32.1. The first-order valence-corrected chi connectivity index (χ1v) is 22.7. The molecule has 12 rings (SSSR count). The number of hydrogen-bond donors (Lipinski definition) is 0. The number of para-hydroxylation sites is 5. The van der Waals surface area contributed by atoms with Gasteiger partial charge in [0.15, 0.2) is 0 Å². The molecule has 1 atom stereocenters. The molecule has 9 aromatic carbocycles. The second-order valence-corrected chi connectivity index (χ2v) is 17.3. The second-order valence-electron chi connectivity index (χ2n) is 17.3. The summed E-state index contributed by atoms with van der Waals surface area (Å²) in [7, 11) is 0. The summed E-state index contributed by atoms with van der Waals surface area (Å²) in [6.45, 7) is 7.00. The lowest BCUT2D eigenvalue weighted by molar-refractivity contribution is 0.667. The van der Waals surface area contributed by atoms with Crippen molar-refractivity contribution in [2.24, 2.45) is 0 Å². The molecule has 1 unspecified atom stereocenters. The summed E-state index contributed by atoms with van der Waals surface area (Å²) in [5, 5.41) is 2.47. The highest BCUT2D eigenvalue weighted by Gasteiger charge is 2.52. The van der Waals surface area contributed by atoms with E-state index in [1.165, 1.54) is 66.3 Å². The molecule has 3 nitrogen and oxygen atoms in total. The van der Waals surface area contributed by atoms with Crippen LogP contribution in [0.25, 0.3) is 44.2 Å². The molecule has 0 radical (unpaired) electrons. The van der Waals surface area contributed by atoms with Crippen LogP contribution in [0.15, 0.2) is 249 Å². The van der Waals surface area contributed by atoms with Crippen LogP contribution < -0.4 is 9.80 Å². The Hall–Kier alpha value is -8.14. The van der Waals surface area contributed by atoms with Gasteiger partial charge in [0.2, 0.25) is 0 Å². The highest BCUT2D eigenvalue weighted by atomic mass is 15.2. The Morgan fingerprint density at radius 2 is 0.985 bits per heavy atom. The Morgan fingerprint density at radius 3 is 1.62 bits per heavy atom. The van der Waals surface area contributed by atoms with Crippen molar-refractivity contribution in [1.29, 1.82) is 0 Å². The van der Waals surface area contributed by atoms with Crippen molar-refractivity contribution in [2.45, 2.75) is 24.8 Å². The fourth-order valence-electron chi connectivity index (χ4n) is 11.2. The van der Waals surface area contributed by atoms with E-state index in [2.05, 4.69) is 264 Å². The molecule has 3 heteroatoms. The summed E-state index contributed by atoms with van der Waals surface area (Å²) in [6, 6.07) is 84.2. The van der Waals surface area contributed by atoms with Gasteiger partial charge in [0, 0.05) is 44.9 Å². The standard InChI is InChI=1S/C62H47N3/c1-3-44(63(45-22-8-4-9-23-45)50-37-39-55-54-32-18-21-35-60(54)65(61(55)42-50)48-28-14-7-15-29-48)40-58-43(2)51-38-36-49(64(46-24-10-5-11-25-46)47-26-12-6-13-27-47)41-59(51)62(58)56-33-19-16-30-52(56)53-31-17-20-34-57(53)62/h3-39,41-42,44H,1,40H2,2H3. The van der Waals surface area contributed by atoms with Crippen molar-refractivity contribution in [3.8, 4) is 16.8 Å². The predicted octanol–water partition coefficient (Wildman–Crippen LogP) is 16.1. The number of rotatable bonds is 10. The number of nitrogens with zero attached hydrogens (tertiary/aromatic N) is 3. The van der Waals surface area contributed by atoms with E-state index in [4.69, 9.17) is 0 Å². The molecule has 310 valence electrons. The third kappa shape index (κ3) is 5.96. The zero-order valence-electron chi connectivity index (χ0n) is 36.3. The number of hydrogen-bond acceptors (Lipinski definition) is 2. The monoisotopic (exact) mass is 833 g/mol. The Balaban J connectivity index is 1.06. The molecule has 0 saturated carbocycles. The molecular formula is C62H47N3. The first kappa shape index (κ1) is 38.5. The zero-order chi connectivity index (χ0) is 43.5. The highest BCUT2D eigenvalue weighted by molar-refractivity contribution is 6.10. The van der Waals surface area contributed by atoms with Gasteiger partial charge in [0.25, 0.3) is 0 Å². The van der Waals surface area contributed by atoms with Crippen LogP contribution in [0.1, 0.15) is 35.6 Å². The fourth-order valence-corrected chi connectivity index (χ4v) is 11.2. The molecule has 0 bridgehead atoms. The number of aromatic nitrogens is 1. The fraction of sp³-hybridized carbons (Fsp3) is 0.0645. The molecule has 0 saturated heterocycles. The van der Waals surface area contributed by atoms with Crippen molar-refractivity contribution in [3.63, 3.8) is 0 Å². The van der Waals surface area contributed by atoms with E-state index in [1.54, 1.807) is 0 Å². The van der Waals surface area contributed by atoms with Crippen LogP contribution >= 0.6 is 0 Å². The average Bonchev–Trinajstić information content (AvgIpc) is 3.95. The second kappa shape index (κ2) is 15.6. The number of anilines is 5. The molecule has 65 heavy (non-hydrogen) atoms. The topological polar surface area (TPSA) is 11.4 Å². The minimum absolute atomic E-state index is 0.106. The summed E-state index contributed by atoms with van der Waals surface area (Å²) < 4.78 is 2.41. The Bertz CT molecular complexity index is 3350. The van der Waals surface area contributed by atoms with E-state index in [1.807, 2.05) is 0 Å². The largest absolute Gasteiger partial charge is 0.334 e. The van der Waals surface area contributed by atoms with Crippen molar-refractivity contribution in [2.75, 3.05) is 9.80 Å². The van der Waals surface area contributed by atoms with Gasteiger partial charge in [-0.05, 0) is 137 Å². The van der Waals surface area contributed by atoms with Crippen molar-refractivity contribution >= 4 is 55.8 Å². The van der Waals surface area contributed by atoms with Gasteiger partial charge in [-0.15, -0.1) is 6.58 Å². The molecular weight excluding hydrogens is 787 g/mol. The van der Waals surface area contributed by atoms with Crippen LogP contribution in [0.5, 0.6) is 0 Å². The van der Waals surface area contributed by atoms with Gasteiger partial charge in [-0.3, -0.25) is 0 Å². The summed E-state index contributed by atoms with van der Waals surface area (Å²) in [5.74, 6) is 0. The van der Waals surface area contributed by atoms with Gasteiger partial charge >= 0.3 is 0 Å². The summed E-state index contributed by atoms with van der Waals surface area (Å²) in [5.41, 5.74) is 19.2. The van der Waals surface area contributed by atoms with E-state index in [0.717, 1.165) is 40.5 Å². The van der Waals surface area contributed by atoms with Crippen LogP contribution in [-0.2, 0) is 5.41 Å². The molecule has 0 N–H and O–H groups in total. The Kier molecular flexibility index (Phi) is 9.24. The first-order valence-electron chi connectivity index (χ1n) is 22.7. The van der Waals surface area contributed by atoms with Gasteiger partial charge < -0.3 is 14.4 Å². The van der Waals surface area contributed by atoms with Crippen LogP contribution in [0, 0.1) is 0 Å². The maximum Gasteiger partial charge on any atom is 0.0686 e. The molecule has 1 aromatic heterocycles. The van der Waals surface area contributed by atoms with Gasteiger partial charge in [-0.2, -0.15) is 0 Å². The predicted molar refractivity (Wildman–Crippen MR) is 273 cm³/mol. The molecule has 1 heterocycles. The normalized spacial score (nSPS) is 13.7. The summed E-state index contributed by atoms with van der Waals surface area (Å²) >= 11 is 0. The maximum atomic E-state index is 4.64. The SMILES string of the molecule is C=CC(CC1=C(C)c2ccc(N(c3ccccc3)c3ccccc3)cc2C12c1ccccc1-c1ccccc12)N(c1ccccc1)c1ccc2c3ccccc3n(-c3ccccc3)c2c1. The van der Waals surface area contributed by atoms with Crippen molar-refractivity contribution in [1.82, 2.24) is 4.57 Å². The number of benzene rings is 9. The van der Waals surface area contributed by atoms with Gasteiger partial charge in [-0.1, -0.05) is 158 Å². The van der Waals surface area contributed by atoms with E-state index in [-0.39, 0.29) is 6.04 Å². The van der Waals surface area contributed by atoms with Crippen molar-refractivity contribution < 1.29 is 0 Å². The summed E-state index contributed by atoms with van der Waals surface area (Å²) in [6.07, 6.45) is 2.92. The Labute approximate surface area is 381 Å². The molecule has 1 spiro atoms. The molecule has 0 fully saturated rings. The zero-order valence-corrected chi connectivity index (χ0v) is 36.3. The van der Waals surface area contributed by atoms with E-state index in [9.17, 15) is 0 Å². The smallest absolute Gasteiger partial charge is 0.0686 e. The molecule has 0 amide bonds. The van der Waals surface area contributed by atoms with E-state index in [0.29, 0.717) is 0 Å². The van der Waals surface area contributed by atoms with Gasteiger partial charge in [-0.25, -0.2) is 0 Å². The van der Waals surface area contributed by atoms with E-state index < -0.39 is 5.41 Å². The van der Waals surface area contributed by atoms with Crippen molar-refractivity contribution in [3.05, 3.63) is 271 Å². The lowest BCUT2D eigenvalue weighted by Crippen LogP contribution is -2.35. The quantitative estimate of drug-likeness (QED) is 0.127. The highest BCUT2D eigenvalue weighted by Crippen LogP contribution is 2.63. The third-order valence-electron chi connectivity index (χ3n) is 14.0. The van der Waals surface area contributed by atoms with Crippen LogP contribution in [-0.4, -0.2) is 10.6 Å². The van der Waals surface area contributed by atoms with Gasteiger partial charge in [0.05, 0.1) is 22.5 Å². The molecule has 2 aliphatic carbocycles. The van der Waals surface area contributed by atoms with Gasteiger partial charge in [0.1, 0.15) is 0 Å². The third-order valence-corrected chi connectivity index (χ3v) is 14.0. The van der Waals surface area contributed by atoms with E-state index >= 15 is 0 Å². The number of fused-ring (bicyclic) bond motifs is 10. The molecule has 0 aliphatic heterocycles. The van der Waals surface area contributed by atoms with Crippen LogP contribution in [0.2, 0.25) is 0 Å². The minimum atomic E-state index is -0.533. The van der Waals surface area contributed by atoms with Crippen LogP contribution in [0.4, 0.5) is 28.4 Å². The lowest BCUT2D eigenvalue weighted by atomic mass is 9.68. The number of allylic oxidation sites excluding steroid dienone is 1. The molecule has 2 aliphatic rings. The summed E-state index contributed by atoms with van der Waals surface area (Å²) in [4.78, 5) is 4.91. The average molecular weight is 834 g/mol. The maximum absolute atomic E-state index is 4.64.